The molecule has 0 radical (unpaired) electrons. The summed E-state index contributed by atoms with van der Waals surface area (Å²) in [5, 5.41) is 8.81. The summed E-state index contributed by atoms with van der Waals surface area (Å²) < 4.78 is 5.46. The first-order valence-electron chi connectivity index (χ1n) is 9.74. The molecule has 1 atom stereocenters. The largest absolute Gasteiger partial charge is 0.368 e. The zero-order chi connectivity index (χ0) is 18.1. The van der Waals surface area contributed by atoms with Gasteiger partial charge in [0.1, 0.15) is 0 Å². The zero-order valence-corrected chi connectivity index (χ0v) is 15.3. The van der Waals surface area contributed by atoms with Crippen LogP contribution in [0.15, 0.2) is 41.1 Å². The van der Waals surface area contributed by atoms with E-state index in [1.807, 2.05) is 12.3 Å². The van der Waals surface area contributed by atoms with Crippen molar-refractivity contribution in [3.8, 4) is 0 Å². The molecule has 140 valence electrons. The molecule has 0 amide bonds. The van der Waals surface area contributed by atoms with E-state index in [0.29, 0.717) is 0 Å². The quantitative estimate of drug-likeness (QED) is 0.762. The minimum Gasteiger partial charge on any atom is -0.368 e. The molecule has 3 aromatic rings. The number of aromatic nitrogens is 3. The Morgan fingerprint density at radius 3 is 2.85 bits per heavy atom. The normalized spacial score (nSPS) is 21.2. The van der Waals surface area contributed by atoms with Crippen LogP contribution in [-0.2, 0) is 6.54 Å². The molecule has 5 rings (SSSR count). The van der Waals surface area contributed by atoms with Crippen LogP contribution in [0.5, 0.6) is 0 Å². The lowest BCUT2D eigenvalue weighted by molar-refractivity contribution is 0.239. The van der Waals surface area contributed by atoms with Gasteiger partial charge >= 0.3 is 0 Å². The molecule has 1 unspecified atom stereocenters. The number of rotatable bonds is 4. The number of anilines is 1. The average molecular weight is 364 g/mol. The molecule has 7 nitrogen and oxygen atoms in total. The Bertz CT molecular complexity index is 906. The number of nitrogens with zero attached hydrogens (tertiary/aromatic N) is 5. The minimum absolute atomic E-state index is 0.239. The maximum atomic E-state index is 5.46. The van der Waals surface area contributed by atoms with Crippen LogP contribution in [0.3, 0.4) is 0 Å². The van der Waals surface area contributed by atoms with Gasteiger partial charge in [-0.3, -0.25) is 9.88 Å². The number of benzene rings is 1. The summed E-state index contributed by atoms with van der Waals surface area (Å²) in [5.74, 6) is 1.53. The molecule has 0 spiro atoms. The topological polar surface area (TPSA) is 70.3 Å². The maximum absolute atomic E-state index is 5.46. The Hall–Kier alpha value is -2.51. The summed E-state index contributed by atoms with van der Waals surface area (Å²) in [6.07, 6.45) is 4.16. The van der Waals surface area contributed by atoms with Crippen LogP contribution in [-0.4, -0.2) is 52.7 Å². The van der Waals surface area contributed by atoms with E-state index in [-0.39, 0.29) is 6.04 Å². The van der Waals surface area contributed by atoms with E-state index in [0.717, 1.165) is 62.9 Å². The van der Waals surface area contributed by atoms with Crippen molar-refractivity contribution < 1.29 is 4.52 Å². The summed E-state index contributed by atoms with van der Waals surface area (Å²) in [6.45, 7) is 5.74. The van der Waals surface area contributed by atoms with E-state index in [4.69, 9.17) is 4.52 Å². The molecule has 2 saturated heterocycles. The summed E-state index contributed by atoms with van der Waals surface area (Å²) in [7, 11) is 0. The third-order valence-electron chi connectivity index (χ3n) is 5.55. The number of piperazine rings is 1. The van der Waals surface area contributed by atoms with Crippen molar-refractivity contribution in [3.63, 3.8) is 0 Å². The molecule has 0 saturated carbocycles. The highest BCUT2D eigenvalue weighted by molar-refractivity contribution is 5.91. The highest BCUT2D eigenvalue weighted by Gasteiger charge is 2.24. The molecule has 1 N–H and O–H groups in total. The molecule has 2 aliphatic rings. The first-order valence-corrected chi connectivity index (χ1v) is 9.74. The molecule has 2 aliphatic heterocycles. The minimum atomic E-state index is 0.239. The first kappa shape index (κ1) is 16.6. The van der Waals surface area contributed by atoms with Crippen molar-refractivity contribution >= 4 is 16.6 Å². The van der Waals surface area contributed by atoms with Crippen LogP contribution < -0.4 is 10.2 Å². The number of fused-ring (bicyclic) bond motifs is 1. The van der Waals surface area contributed by atoms with E-state index < -0.39 is 0 Å². The van der Waals surface area contributed by atoms with Gasteiger partial charge in [-0.05, 0) is 31.5 Å². The molecule has 1 aromatic carbocycles. The van der Waals surface area contributed by atoms with Crippen LogP contribution in [0.25, 0.3) is 10.9 Å². The van der Waals surface area contributed by atoms with Crippen molar-refractivity contribution in [2.45, 2.75) is 25.4 Å². The zero-order valence-electron chi connectivity index (χ0n) is 15.3. The van der Waals surface area contributed by atoms with Crippen molar-refractivity contribution in [2.24, 2.45) is 0 Å². The molecule has 0 bridgehead atoms. The van der Waals surface area contributed by atoms with Gasteiger partial charge < -0.3 is 14.7 Å². The predicted octanol–water partition coefficient (Wildman–Crippen LogP) is 2.36. The van der Waals surface area contributed by atoms with Crippen LogP contribution in [0.4, 0.5) is 5.69 Å². The molecule has 4 heterocycles. The Morgan fingerprint density at radius 2 is 2.00 bits per heavy atom. The standard InChI is InChI=1S/C20H24N6O/c1-2-5-16-15(4-1)18(7-9-22-16)26-12-10-25(11-13-26)14-19-23-20(27-24-19)17-6-3-8-21-17/h1-2,4-5,7,9,17,21H,3,6,8,10-14H2. The van der Waals surface area contributed by atoms with Crippen molar-refractivity contribution in [1.29, 1.82) is 0 Å². The summed E-state index contributed by atoms with van der Waals surface area (Å²) in [6, 6.07) is 10.7. The second-order valence-electron chi connectivity index (χ2n) is 7.31. The lowest BCUT2D eigenvalue weighted by Gasteiger charge is -2.36. The third kappa shape index (κ3) is 3.40. The monoisotopic (exact) mass is 364 g/mol. The number of hydrogen-bond acceptors (Lipinski definition) is 7. The summed E-state index contributed by atoms with van der Waals surface area (Å²) >= 11 is 0. The Labute approximate surface area is 158 Å². The predicted molar refractivity (Wildman–Crippen MR) is 104 cm³/mol. The van der Waals surface area contributed by atoms with Gasteiger partial charge in [0, 0.05) is 43.4 Å². The Balaban J connectivity index is 1.23. The highest BCUT2D eigenvalue weighted by Crippen LogP contribution is 2.26. The molecule has 2 aromatic heterocycles. The molecular formula is C20H24N6O. The van der Waals surface area contributed by atoms with E-state index >= 15 is 0 Å². The van der Waals surface area contributed by atoms with Gasteiger partial charge in [-0.2, -0.15) is 4.98 Å². The maximum Gasteiger partial charge on any atom is 0.243 e. The molecule has 2 fully saturated rings. The summed E-state index contributed by atoms with van der Waals surface area (Å²) in [5.41, 5.74) is 2.33. The third-order valence-corrected chi connectivity index (χ3v) is 5.55. The van der Waals surface area contributed by atoms with Gasteiger partial charge in [-0.25, -0.2) is 0 Å². The second-order valence-corrected chi connectivity index (χ2v) is 7.31. The molecule has 27 heavy (non-hydrogen) atoms. The van der Waals surface area contributed by atoms with E-state index in [1.165, 1.54) is 17.5 Å². The van der Waals surface area contributed by atoms with Crippen LogP contribution >= 0.6 is 0 Å². The lowest BCUT2D eigenvalue weighted by atomic mass is 10.1. The van der Waals surface area contributed by atoms with Crippen LogP contribution in [0.1, 0.15) is 30.6 Å². The van der Waals surface area contributed by atoms with Gasteiger partial charge in [0.2, 0.25) is 5.89 Å². The fourth-order valence-corrected chi connectivity index (χ4v) is 4.07. The van der Waals surface area contributed by atoms with Crippen LogP contribution in [0, 0.1) is 0 Å². The molecule has 0 aliphatic carbocycles. The first-order chi connectivity index (χ1) is 13.4. The van der Waals surface area contributed by atoms with E-state index in [2.05, 4.69) is 54.5 Å². The average Bonchev–Trinajstić information content (AvgIpc) is 3.40. The Kier molecular flexibility index (Phi) is 4.47. The van der Waals surface area contributed by atoms with E-state index in [1.54, 1.807) is 0 Å². The van der Waals surface area contributed by atoms with Gasteiger partial charge in [-0.15, -0.1) is 0 Å². The Morgan fingerprint density at radius 1 is 1.11 bits per heavy atom. The van der Waals surface area contributed by atoms with Crippen molar-refractivity contribution in [1.82, 2.24) is 25.3 Å². The van der Waals surface area contributed by atoms with Crippen molar-refractivity contribution in [2.75, 3.05) is 37.6 Å². The number of pyridine rings is 1. The fraction of sp³-hybridized carbons (Fsp3) is 0.450. The number of para-hydroxylation sites is 1. The molecular weight excluding hydrogens is 340 g/mol. The van der Waals surface area contributed by atoms with Gasteiger partial charge in [0.15, 0.2) is 5.82 Å². The smallest absolute Gasteiger partial charge is 0.243 e. The lowest BCUT2D eigenvalue weighted by Crippen LogP contribution is -2.46. The summed E-state index contributed by atoms with van der Waals surface area (Å²) in [4.78, 5) is 13.9. The van der Waals surface area contributed by atoms with Crippen molar-refractivity contribution in [3.05, 3.63) is 48.2 Å². The van der Waals surface area contributed by atoms with Gasteiger partial charge in [0.05, 0.1) is 18.1 Å². The molecule has 7 heteroatoms. The number of hydrogen-bond donors (Lipinski definition) is 1. The highest BCUT2D eigenvalue weighted by atomic mass is 16.5. The number of nitrogens with one attached hydrogen (secondary N) is 1. The van der Waals surface area contributed by atoms with Gasteiger partial charge in [0.25, 0.3) is 0 Å². The van der Waals surface area contributed by atoms with E-state index in [9.17, 15) is 0 Å². The van der Waals surface area contributed by atoms with Crippen LogP contribution in [0.2, 0.25) is 0 Å². The fourth-order valence-electron chi connectivity index (χ4n) is 4.07. The second kappa shape index (κ2) is 7.25. The SMILES string of the molecule is c1ccc2c(N3CCN(Cc4noc(C5CCCN5)n4)CC3)ccnc2c1. The van der Waals surface area contributed by atoms with Gasteiger partial charge in [-0.1, -0.05) is 23.4 Å².